The summed E-state index contributed by atoms with van der Waals surface area (Å²) in [6, 6.07) is 0. The van der Waals surface area contributed by atoms with Gasteiger partial charge in [0.15, 0.2) is 0 Å². The van der Waals surface area contributed by atoms with Crippen molar-refractivity contribution in [3.63, 3.8) is 0 Å². The molecule has 1 aliphatic carbocycles. The molecule has 0 N–H and O–H groups in total. The molecular formula is C13H26OS. The first kappa shape index (κ1) is 13.4. The summed E-state index contributed by atoms with van der Waals surface area (Å²) in [6.07, 6.45) is 8.29. The fraction of sp³-hybridized carbons (Fsp3) is 1.00. The lowest BCUT2D eigenvalue weighted by atomic mass is 9.89. The molecule has 1 aliphatic rings. The van der Waals surface area contributed by atoms with E-state index in [-0.39, 0.29) is 0 Å². The van der Waals surface area contributed by atoms with Crippen LogP contribution in [0, 0.1) is 11.8 Å². The van der Waals surface area contributed by atoms with E-state index >= 15 is 0 Å². The summed E-state index contributed by atoms with van der Waals surface area (Å²) >= 11 is 4.38. The van der Waals surface area contributed by atoms with Gasteiger partial charge in [0, 0.05) is 0 Å². The average Bonchev–Trinajstić information content (AvgIpc) is 2.26. The summed E-state index contributed by atoms with van der Waals surface area (Å²) in [5.74, 6) is 2.55. The third-order valence-electron chi connectivity index (χ3n) is 3.49. The average molecular weight is 230 g/mol. The lowest BCUT2D eigenvalue weighted by molar-refractivity contribution is 0.00294. The molecule has 0 bridgehead atoms. The highest BCUT2D eigenvalue weighted by molar-refractivity contribution is 7.80. The van der Waals surface area contributed by atoms with E-state index < -0.39 is 0 Å². The van der Waals surface area contributed by atoms with Crippen LogP contribution in [0.4, 0.5) is 0 Å². The monoisotopic (exact) mass is 230 g/mol. The molecule has 15 heavy (non-hydrogen) atoms. The van der Waals surface area contributed by atoms with Crippen molar-refractivity contribution in [2.45, 2.75) is 58.5 Å². The van der Waals surface area contributed by atoms with Crippen molar-refractivity contribution in [3.05, 3.63) is 0 Å². The van der Waals surface area contributed by atoms with Crippen molar-refractivity contribution in [1.29, 1.82) is 0 Å². The Bertz CT molecular complexity index is 153. The normalized spacial score (nSPS) is 29.0. The van der Waals surface area contributed by atoms with Crippen LogP contribution in [0.3, 0.4) is 0 Å². The van der Waals surface area contributed by atoms with Crippen LogP contribution < -0.4 is 0 Å². The number of ether oxygens (including phenoxy) is 1. The molecule has 1 fully saturated rings. The second-order valence-corrected chi connectivity index (χ2v) is 5.42. The smallest absolute Gasteiger partial charge is 0.0575 e. The second kappa shape index (κ2) is 7.56. The van der Waals surface area contributed by atoms with Gasteiger partial charge in [-0.15, -0.1) is 0 Å². The van der Waals surface area contributed by atoms with Gasteiger partial charge >= 0.3 is 0 Å². The van der Waals surface area contributed by atoms with E-state index in [0.717, 1.165) is 18.3 Å². The van der Waals surface area contributed by atoms with Crippen LogP contribution in [0.5, 0.6) is 0 Å². The highest BCUT2D eigenvalue weighted by Crippen LogP contribution is 2.26. The van der Waals surface area contributed by atoms with Crippen molar-refractivity contribution in [3.8, 4) is 0 Å². The SMILES string of the molecule is CCCC(CS)COC1CCC(C)CC1. The molecule has 0 aromatic rings. The van der Waals surface area contributed by atoms with Crippen LogP contribution in [-0.4, -0.2) is 18.5 Å². The molecule has 1 nitrogen and oxygen atoms in total. The zero-order chi connectivity index (χ0) is 11.1. The van der Waals surface area contributed by atoms with E-state index in [4.69, 9.17) is 4.74 Å². The van der Waals surface area contributed by atoms with Gasteiger partial charge in [-0.2, -0.15) is 12.6 Å². The van der Waals surface area contributed by atoms with Crippen molar-refractivity contribution >= 4 is 12.6 Å². The molecule has 0 amide bonds. The highest BCUT2D eigenvalue weighted by Gasteiger charge is 2.19. The molecule has 0 aromatic carbocycles. The van der Waals surface area contributed by atoms with E-state index in [1.807, 2.05) is 0 Å². The Kier molecular flexibility index (Phi) is 6.74. The van der Waals surface area contributed by atoms with Gasteiger partial charge in [0.05, 0.1) is 12.7 Å². The van der Waals surface area contributed by atoms with Gasteiger partial charge in [0.1, 0.15) is 0 Å². The van der Waals surface area contributed by atoms with Crippen LogP contribution in [0.15, 0.2) is 0 Å². The zero-order valence-electron chi connectivity index (χ0n) is 10.2. The highest BCUT2D eigenvalue weighted by atomic mass is 32.1. The molecule has 0 aromatic heterocycles. The van der Waals surface area contributed by atoms with Gasteiger partial charge in [-0.05, 0) is 49.7 Å². The van der Waals surface area contributed by atoms with Gasteiger partial charge in [-0.1, -0.05) is 20.3 Å². The predicted octanol–water partition coefficient (Wildman–Crippen LogP) is 3.93. The van der Waals surface area contributed by atoms with Gasteiger partial charge in [-0.3, -0.25) is 0 Å². The van der Waals surface area contributed by atoms with E-state index in [0.29, 0.717) is 12.0 Å². The lowest BCUT2D eigenvalue weighted by Crippen LogP contribution is -2.23. The van der Waals surface area contributed by atoms with Gasteiger partial charge in [0.25, 0.3) is 0 Å². The van der Waals surface area contributed by atoms with Crippen LogP contribution >= 0.6 is 12.6 Å². The molecule has 0 heterocycles. The number of rotatable bonds is 6. The Morgan fingerprint density at radius 1 is 1.27 bits per heavy atom. The summed E-state index contributed by atoms with van der Waals surface area (Å²) in [6.45, 7) is 5.51. The lowest BCUT2D eigenvalue weighted by Gasteiger charge is -2.27. The minimum absolute atomic E-state index is 0.542. The van der Waals surface area contributed by atoms with Crippen molar-refractivity contribution in [1.82, 2.24) is 0 Å². The second-order valence-electron chi connectivity index (χ2n) is 5.05. The largest absolute Gasteiger partial charge is 0.378 e. The molecule has 1 rings (SSSR count). The van der Waals surface area contributed by atoms with E-state index in [2.05, 4.69) is 26.5 Å². The molecule has 0 saturated heterocycles. The standard InChI is InChI=1S/C13H26OS/c1-3-4-12(10-15)9-14-13-7-5-11(2)6-8-13/h11-13,15H,3-10H2,1-2H3. The quantitative estimate of drug-likeness (QED) is 0.680. The van der Waals surface area contributed by atoms with Crippen LogP contribution in [0.2, 0.25) is 0 Å². The van der Waals surface area contributed by atoms with Crippen LogP contribution in [0.25, 0.3) is 0 Å². The fourth-order valence-electron chi connectivity index (χ4n) is 2.30. The number of hydrogen-bond donors (Lipinski definition) is 1. The Morgan fingerprint density at radius 2 is 1.93 bits per heavy atom. The van der Waals surface area contributed by atoms with E-state index in [9.17, 15) is 0 Å². The first-order valence-electron chi connectivity index (χ1n) is 6.48. The topological polar surface area (TPSA) is 9.23 Å². The molecule has 1 saturated carbocycles. The molecule has 2 heteroatoms. The summed E-state index contributed by atoms with van der Waals surface area (Å²) in [7, 11) is 0. The zero-order valence-corrected chi connectivity index (χ0v) is 11.1. The minimum Gasteiger partial charge on any atom is -0.378 e. The van der Waals surface area contributed by atoms with Gasteiger partial charge in [-0.25, -0.2) is 0 Å². The maximum Gasteiger partial charge on any atom is 0.0575 e. The van der Waals surface area contributed by atoms with Crippen molar-refractivity contribution in [2.24, 2.45) is 11.8 Å². The molecule has 0 radical (unpaired) electrons. The molecule has 1 atom stereocenters. The Hall–Kier alpha value is 0.310. The summed E-state index contributed by atoms with van der Waals surface area (Å²) < 4.78 is 5.99. The molecule has 0 spiro atoms. The van der Waals surface area contributed by atoms with Gasteiger partial charge < -0.3 is 4.74 Å². The maximum absolute atomic E-state index is 5.99. The van der Waals surface area contributed by atoms with Crippen molar-refractivity contribution < 1.29 is 4.74 Å². The number of hydrogen-bond acceptors (Lipinski definition) is 2. The van der Waals surface area contributed by atoms with Crippen LogP contribution in [-0.2, 0) is 4.74 Å². The van der Waals surface area contributed by atoms with E-state index in [1.54, 1.807) is 0 Å². The molecular weight excluding hydrogens is 204 g/mol. The van der Waals surface area contributed by atoms with Crippen molar-refractivity contribution in [2.75, 3.05) is 12.4 Å². The van der Waals surface area contributed by atoms with Crippen LogP contribution in [0.1, 0.15) is 52.4 Å². The Balaban J connectivity index is 2.12. The predicted molar refractivity (Wildman–Crippen MR) is 69.6 cm³/mol. The Labute approximate surface area is 100 Å². The fourth-order valence-corrected chi connectivity index (χ4v) is 2.59. The third-order valence-corrected chi connectivity index (χ3v) is 4.00. The summed E-state index contributed by atoms with van der Waals surface area (Å²) in [4.78, 5) is 0. The molecule has 1 unspecified atom stereocenters. The first-order chi connectivity index (χ1) is 7.26. The summed E-state index contributed by atoms with van der Waals surface area (Å²) in [5, 5.41) is 0. The van der Waals surface area contributed by atoms with E-state index in [1.165, 1.54) is 38.5 Å². The first-order valence-corrected chi connectivity index (χ1v) is 7.12. The summed E-state index contributed by atoms with van der Waals surface area (Å²) in [5.41, 5.74) is 0. The van der Waals surface area contributed by atoms with Gasteiger partial charge in [0.2, 0.25) is 0 Å². The maximum atomic E-state index is 5.99. The number of thiol groups is 1. The third kappa shape index (κ3) is 5.26. The molecule has 90 valence electrons. The molecule has 0 aliphatic heterocycles. The Morgan fingerprint density at radius 3 is 2.47 bits per heavy atom. The minimum atomic E-state index is 0.542.